The normalized spacial score (nSPS) is 13.0. The van der Waals surface area contributed by atoms with Gasteiger partial charge in [-0.25, -0.2) is 4.98 Å². The van der Waals surface area contributed by atoms with E-state index in [1.54, 1.807) is 13.1 Å². The lowest BCUT2D eigenvalue weighted by Gasteiger charge is -2.14. The highest BCUT2D eigenvalue weighted by molar-refractivity contribution is 8.00. The lowest BCUT2D eigenvalue weighted by molar-refractivity contribution is -0.0328. The number of nitrogens with zero attached hydrogens (tertiary/aromatic N) is 1. The van der Waals surface area contributed by atoms with Gasteiger partial charge in [0.1, 0.15) is 5.82 Å². The average Bonchev–Trinajstić information content (AvgIpc) is 2.91. The van der Waals surface area contributed by atoms with Gasteiger partial charge in [0.05, 0.1) is 11.6 Å². The Bertz CT molecular complexity index is 613. The van der Waals surface area contributed by atoms with E-state index >= 15 is 0 Å². The van der Waals surface area contributed by atoms with Crippen molar-refractivity contribution in [3.05, 3.63) is 48.0 Å². The molecule has 8 heteroatoms. The number of aromatic amines is 1. The first-order valence-corrected chi connectivity index (χ1v) is 6.83. The number of thioether (sulfide) groups is 1. The van der Waals surface area contributed by atoms with Crippen LogP contribution in [-0.2, 0) is 0 Å². The Kier molecular flexibility index (Phi) is 4.56. The molecule has 1 aromatic carbocycles. The van der Waals surface area contributed by atoms with E-state index in [0.29, 0.717) is 5.82 Å². The average molecular weight is 315 g/mol. The Morgan fingerprint density at radius 1 is 1.38 bits per heavy atom. The molecule has 0 saturated heterocycles. The highest BCUT2D eigenvalue weighted by Crippen LogP contribution is 2.38. The first-order valence-electron chi connectivity index (χ1n) is 6.02. The maximum Gasteiger partial charge on any atom is 0.446 e. The second-order valence-electron chi connectivity index (χ2n) is 4.21. The van der Waals surface area contributed by atoms with Crippen LogP contribution < -0.4 is 5.32 Å². The lowest BCUT2D eigenvalue weighted by Crippen LogP contribution is -2.28. The van der Waals surface area contributed by atoms with Crippen LogP contribution in [0.2, 0.25) is 0 Å². The van der Waals surface area contributed by atoms with Gasteiger partial charge in [-0.1, -0.05) is 12.1 Å². The SMILES string of the molecule is CC(NC(=O)c1ccccc1SC(F)(F)F)c1ncc[nH]1. The van der Waals surface area contributed by atoms with Gasteiger partial charge in [-0.3, -0.25) is 4.79 Å². The van der Waals surface area contributed by atoms with Crippen LogP contribution in [0.15, 0.2) is 41.6 Å². The van der Waals surface area contributed by atoms with Gasteiger partial charge in [0.2, 0.25) is 0 Å². The molecule has 0 aliphatic carbocycles. The third kappa shape index (κ3) is 4.25. The molecule has 0 fully saturated rings. The molecule has 4 nitrogen and oxygen atoms in total. The molecule has 1 unspecified atom stereocenters. The van der Waals surface area contributed by atoms with Crippen molar-refractivity contribution in [2.75, 3.05) is 0 Å². The summed E-state index contributed by atoms with van der Waals surface area (Å²) in [4.78, 5) is 18.8. The van der Waals surface area contributed by atoms with Gasteiger partial charge < -0.3 is 10.3 Å². The first kappa shape index (κ1) is 15.4. The number of alkyl halides is 3. The molecule has 0 saturated carbocycles. The molecule has 112 valence electrons. The minimum atomic E-state index is -4.44. The summed E-state index contributed by atoms with van der Waals surface area (Å²) in [6, 6.07) is 5.17. The van der Waals surface area contributed by atoms with E-state index < -0.39 is 17.5 Å². The van der Waals surface area contributed by atoms with Gasteiger partial charge in [-0.15, -0.1) is 0 Å². The van der Waals surface area contributed by atoms with Crippen LogP contribution in [0.1, 0.15) is 29.1 Å². The number of aromatic nitrogens is 2. The summed E-state index contributed by atoms with van der Waals surface area (Å²) >= 11 is -0.304. The molecule has 1 amide bonds. The van der Waals surface area contributed by atoms with Crippen LogP contribution >= 0.6 is 11.8 Å². The van der Waals surface area contributed by atoms with E-state index in [1.807, 2.05) is 0 Å². The number of rotatable bonds is 4. The summed E-state index contributed by atoms with van der Waals surface area (Å²) < 4.78 is 37.5. The maximum atomic E-state index is 12.5. The highest BCUT2D eigenvalue weighted by atomic mass is 32.2. The molecular formula is C13H12F3N3OS. The molecule has 0 radical (unpaired) electrons. The summed E-state index contributed by atoms with van der Waals surface area (Å²) in [5, 5.41) is 2.61. The zero-order chi connectivity index (χ0) is 15.5. The van der Waals surface area contributed by atoms with E-state index in [9.17, 15) is 18.0 Å². The highest BCUT2D eigenvalue weighted by Gasteiger charge is 2.31. The molecule has 2 rings (SSSR count). The minimum absolute atomic E-state index is 0.0155. The number of hydrogen-bond donors (Lipinski definition) is 2. The van der Waals surface area contributed by atoms with Crippen molar-refractivity contribution in [3.8, 4) is 0 Å². The summed E-state index contributed by atoms with van der Waals surface area (Å²) in [6.45, 7) is 1.69. The summed E-state index contributed by atoms with van der Waals surface area (Å²) in [6.07, 6.45) is 3.14. The fraction of sp³-hybridized carbons (Fsp3) is 0.231. The van der Waals surface area contributed by atoms with Crippen molar-refractivity contribution in [2.24, 2.45) is 0 Å². The number of halogens is 3. The summed E-state index contributed by atoms with van der Waals surface area (Å²) in [7, 11) is 0. The summed E-state index contributed by atoms with van der Waals surface area (Å²) in [5.41, 5.74) is -4.46. The predicted molar refractivity (Wildman–Crippen MR) is 72.8 cm³/mol. The second kappa shape index (κ2) is 6.21. The maximum absolute atomic E-state index is 12.5. The van der Waals surface area contributed by atoms with Crippen molar-refractivity contribution in [1.29, 1.82) is 0 Å². The third-order valence-electron chi connectivity index (χ3n) is 2.63. The molecule has 0 spiro atoms. The number of benzene rings is 1. The van der Waals surface area contributed by atoms with E-state index in [0.717, 1.165) is 0 Å². The number of amides is 1. The monoisotopic (exact) mass is 315 g/mol. The Morgan fingerprint density at radius 3 is 2.71 bits per heavy atom. The zero-order valence-electron chi connectivity index (χ0n) is 10.9. The minimum Gasteiger partial charge on any atom is -0.347 e. The molecule has 21 heavy (non-hydrogen) atoms. The van der Waals surface area contributed by atoms with Crippen molar-refractivity contribution in [1.82, 2.24) is 15.3 Å². The standard InChI is InChI=1S/C13H12F3N3OS/c1-8(11-17-6-7-18-11)19-12(20)9-4-2-3-5-10(9)21-13(14,15)16/h2-8H,1H3,(H,17,18)(H,19,20). The fourth-order valence-electron chi connectivity index (χ4n) is 1.72. The predicted octanol–water partition coefficient (Wildman–Crippen LogP) is 3.51. The number of H-pyrrole nitrogens is 1. The Balaban J connectivity index is 2.16. The topological polar surface area (TPSA) is 57.8 Å². The Morgan fingerprint density at radius 2 is 2.10 bits per heavy atom. The van der Waals surface area contributed by atoms with E-state index in [2.05, 4.69) is 15.3 Å². The van der Waals surface area contributed by atoms with Gasteiger partial charge >= 0.3 is 5.51 Å². The quantitative estimate of drug-likeness (QED) is 0.849. The van der Waals surface area contributed by atoms with Gasteiger partial charge in [0.25, 0.3) is 5.91 Å². The van der Waals surface area contributed by atoms with Crippen molar-refractivity contribution >= 4 is 17.7 Å². The molecule has 2 N–H and O–H groups in total. The van der Waals surface area contributed by atoms with Crippen molar-refractivity contribution < 1.29 is 18.0 Å². The number of imidazole rings is 1. The van der Waals surface area contributed by atoms with Crippen molar-refractivity contribution in [3.63, 3.8) is 0 Å². The van der Waals surface area contributed by atoms with Crippen LogP contribution in [0.3, 0.4) is 0 Å². The third-order valence-corrected chi connectivity index (χ3v) is 3.44. The zero-order valence-corrected chi connectivity index (χ0v) is 11.8. The first-order chi connectivity index (χ1) is 9.87. The molecule has 0 bridgehead atoms. The smallest absolute Gasteiger partial charge is 0.347 e. The van der Waals surface area contributed by atoms with Gasteiger partial charge in [0.15, 0.2) is 0 Å². The summed E-state index contributed by atoms with van der Waals surface area (Å²) in [5.74, 6) is -0.0458. The number of carbonyl (C=O) groups is 1. The van der Waals surface area contributed by atoms with Crippen LogP contribution in [0.4, 0.5) is 13.2 Å². The number of nitrogens with one attached hydrogen (secondary N) is 2. The van der Waals surface area contributed by atoms with Gasteiger partial charge in [-0.05, 0) is 30.8 Å². The van der Waals surface area contributed by atoms with Crippen LogP contribution in [0.25, 0.3) is 0 Å². The van der Waals surface area contributed by atoms with E-state index in [1.165, 1.54) is 30.5 Å². The molecule has 1 atom stereocenters. The van der Waals surface area contributed by atoms with E-state index in [4.69, 9.17) is 0 Å². The molecule has 0 aliphatic rings. The molecule has 1 heterocycles. The fourth-order valence-corrected chi connectivity index (χ4v) is 2.39. The largest absolute Gasteiger partial charge is 0.446 e. The van der Waals surface area contributed by atoms with Crippen LogP contribution in [0, 0.1) is 0 Å². The molecular weight excluding hydrogens is 303 g/mol. The number of hydrogen-bond acceptors (Lipinski definition) is 3. The van der Waals surface area contributed by atoms with Gasteiger partial charge in [-0.2, -0.15) is 13.2 Å². The van der Waals surface area contributed by atoms with Crippen LogP contribution in [-0.4, -0.2) is 21.4 Å². The van der Waals surface area contributed by atoms with Crippen LogP contribution in [0.5, 0.6) is 0 Å². The molecule has 2 aromatic rings. The van der Waals surface area contributed by atoms with E-state index in [-0.39, 0.29) is 22.2 Å². The molecule has 1 aromatic heterocycles. The van der Waals surface area contributed by atoms with Crippen molar-refractivity contribution in [2.45, 2.75) is 23.4 Å². The lowest BCUT2D eigenvalue weighted by atomic mass is 10.2. The Labute approximate surface area is 123 Å². The second-order valence-corrected chi connectivity index (χ2v) is 5.32. The number of carbonyl (C=O) groups excluding carboxylic acids is 1. The molecule has 0 aliphatic heterocycles. The van der Waals surface area contributed by atoms with Gasteiger partial charge in [0, 0.05) is 17.3 Å². The Hall–Kier alpha value is -1.96.